The summed E-state index contributed by atoms with van der Waals surface area (Å²) < 4.78 is 23.0. The molecule has 3 rings (SSSR count). The summed E-state index contributed by atoms with van der Waals surface area (Å²) in [6, 6.07) is 12.9. The lowest BCUT2D eigenvalue weighted by Gasteiger charge is -2.15. The number of sulfone groups is 1. The van der Waals surface area contributed by atoms with Gasteiger partial charge in [0.2, 0.25) is 5.91 Å². The molecule has 0 heterocycles. The summed E-state index contributed by atoms with van der Waals surface area (Å²) in [6.45, 7) is 1.90. The van der Waals surface area contributed by atoms with Gasteiger partial charge in [-0.2, -0.15) is 0 Å². The highest BCUT2D eigenvalue weighted by Gasteiger charge is 2.14. The predicted molar refractivity (Wildman–Crippen MR) is 105 cm³/mol. The zero-order chi connectivity index (χ0) is 18.7. The number of fused-ring (bicyclic) bond motifs is 1. The van der Waals surface area contributed by atoms with Crippen LogP contribution in [0, 0.1) is 0 Å². The summed E-state index contributed by atoms with van der Waals surface area (Å²) >= 11 is 1.55. The first-order chi connectivity index (χ1) is 12.3. The molecule has 0 spiro atoms. The molecule has 4 nitrogen and oxygen atoms in total. The Morgan fingerprint density at radius 2 is 1.81 bits per heavy atom. The maximum atomic E-state index is 12.2. The van der Waals surface area contributed by atoms with E-state index in [1.54, 1.807) is 36.0 Å². The second-order valence-corrected chi connectivity index (χ2v) is 9.77. The second kappa shape index (κ2) is 7.84. The first-order valence-corrected chi connectivity index (χ1v) is 11.5. The maximum Gasteiger partial charge on any atom is 0.230 e. The molecule has 0 saturated carbocycles. The second-order valence-electron chi connectivity index (χ2n) is 6.70. The molecular weight excluding hydrogens is 366 g/mol. The minimum Gasteiger partial charge on any atom is -0.349 e. The van der Waals surface area contributed by atoms with Crippen molar-refractivity contribution in [3.63, 3.8) is 0 Å². The van der Waals surface area contributed by atoms with Crippen molar-refractivity contribution in [2.24, 2.45) is 0 Å². The van der Waals surface area contributed by atoms with Gasteiger partial charge in [-0.15, -0.1) is 11.8 Å². The van der Waals surface area contributed by atoms with Gasteiger partial charge in [-0.1, -0.05) is 18.2 Å². The van der Waals surface area contributed by atoms with Gasteiger partial charge in [-0.3, -0.25) is 4.79 Å². The Hall–Kier alpha value is -1.79. The third kappa shape index (κ3) is 4.68. The molecule has 26 heavy (non-hydrogen) atoms. The average Bonchev–Trinajstić information content (AvgIpc) is 3.07. The van der Waals surface area contributed by atoms with Gasteiger partial charge >= 0.3 is 0 Å². The van der Waals surface area contributed by atoms with Crippen molar-refractivity contribution in [1.29, 1.82) is 0 Å². The zero-order valence-electron chi connectivity index (χ0n) is 15.0. The van der Waals surface area contributed by atoms with Crippen molar-refractivity contribution < 1.29 is 13.2 Å². The van der Waals surface area contributed by atoms with E-state index < -0.39 is 9.84 Å². The average molecular weight is 390 g/mol. The molecule has 1 unspecified atom stereocenters. The van der Waals surface area contributed by atoms with Crippen molar-refractivity contribution in [2.75, 3.05) is 12.0 Å². The summed E-state index contributed by atoms with van der Waals surface area (Å²) in [5.41, 5.74) is 3.73. The first-order valence-electron chi connectivity index (χ1n) is 8.67. The lowest BCUT2D eigenvalue weighted by Crippen LogP contribution is -2.28. The van der Waals surface area contributed by atoms with E-state index in [4.69, 9.17) is 0 Å². The SMILES string of the molecule is CC(NC(=O)CSc1ccc2c(c1)CCC2)c1ccc(S(C)(=O)=O)cc1. The van der Waals surface area contributed by atoms with E-state index in [2.05, 4.69) is 23.5 Å². The molecule has 0 radical (unpaired) electrons. The summed E-state index contributed by atoms with van der Waals surface area (Å²) in [5, 5.41) is 2.97. The van der Waals surface area contributed by atoms with Crippen LogP contribution in [0.3, 0.4) is 0 Å². The summed E-state index contributed by atoms with van der Waals surface area (Å²) in [5.74, 6) is 0.333. The monoisotopic (exact) mass is 389 g/mol. The molecule has 0 fully saturated rings. The van der Waals surface area contributed by atoms with E-state index in [1.165, 1.54) is 23.8 Å². The minimum atomic E-state index is -3.20. The maximum absolute atomic E-state index is 12.2. The Kier molecular flexibility index (Phi) is 5.73. The Morgan fingerprint density at radius 3 is 2.50 bits per heavy atom. The van der Waals surface area contributed by atoms with Crippen molar-refractivity contribution in [3.05, 3.63) is 59.2 Å². The van der Waals surface area contributed by atoms with Crippen molar-refractivity contribution in [3.8, 4) is 0 Å². The molecule has 1 amide bonds. The van der Waals surface area contributed by atoms with Gasteiger partial charge in [0.15, 0.2) is 9.84 Å². The predicted octanol–water partition coefficient (Wildman–Crippen LogP) is 3.55. The van der Waals surface area contributed by atoms with Crippen LogP contribution in [0.25, 0.3) is 0 Å². The van der Waals surface area contributed by atoms with E-state index in [9.17, 15) is 13.2 Å². The summed E-state index contributed by atoms with van der Waals surface area (Å²) in [4.78, 5) is 13.6. The van der Waals surface area contributed by atoms with Gasteiger partial charge in [0.1, 0.15) is 0 Å². The number of aryl methyl sites for hydroxylation is 2. The number of thioether (sulfide) groups is 1. The standard InChI is InChI=1S/C20H23NO3S2/c1-14(15-7-10-19(11-8-15)26(2,23)24)21-20(22)13-25-18-9-6-16-4-3-5-17(16)12-18/h6-12,14H,3-5,13H2,1-2H3,(H,21,22). The van der Waals surface area contributed by atoms with Crippen molar-refractivity contribution in [2.45, 2.75) is 42.0 Å². The molecule has 2 aromatic rings. The van der Waals surface area contributed by atoms with Crippen LogP contribution >= 0.6 is 11.8 Å². The lowest BCUT2D eigenvalue weighted by atomic mass is 10.1. The van der Waals surface area contributed by atoms with Crippen LogP contribution < -0.4 is 5.32 Å². The molecule has 0 aliphatic heterocycles. The Morgan fingerprint density at radius 1 is 1.12 bits per heavy atom. The van der Waals surface area contributed by atoms with Crippen LogP contribution in [0.4, 0.5) is 0 Å². The Balaban J connectivity index is 1.54. The lowest BCUT2D eigenvalue weighted by molar-refractivity contribution is -0.119. The summed E-state index contributed by atoms with van der Waals surface area (Å²) in [7, 11) is -3.20. The van der Waals surface area contributed by atoms with E-state index in [1.807, 2.05) is 6.92 Å². The number of benzene rings is 2. The quantitative estimate of drug-likeness (QED) is 0.768. The molecular formula is C20H23NO3S2. The van der Waals surface area contributed by atoms with Crippen molar-refractivity contribution in [1.82, 2.24) is 5.32 Å². The fraction of sp³-hybridized carbons (Fsp3) is 0.350. The van der Waals surface area contributed by atoms with Crippen LogP contribution in [-0.2, 0) is 27.5 Å². The van der Waals surface area contributed by atoms with E-state index in [0.717, 1.165) is 23.3 Å². The first kappa shape index (κ1) is 19.0. The van der Waals surface area contributed by atoms with E-state index >= 15 is 0 Å². The van der Waals surface area contributed by atoms with Crippen LogP contribution in [0.2, 0.25) is 0 Å². The number of carbonyl (C=O) groups excluding carboxylic acids is 1. The van der Waals surface area contributed by atoms with Crippen molar-refractivity contribution >= 4 is 27.5 Å². The molecule has 1 aliphatic carbocycles. The molecule has 1 atom stereocenters. The molecule has 2 aromatic carbocycles. The third-order valence-corrected chi connectivity index (χ3v) is 6.75. The largest absolute Gasteiger partial charge is 0.349 e. The smallest absolute Gasteiger partial charge is 0.230 e. The molecule has 0 bridgehead atoms. The topological polar surface area (TPSA) is 63.2 Å². The molecule has 1 aliphatic rings. The van der Waals surface area contributed by atoms with Crippen LogP contribution in [0.1, 0.15) is 36.1 Å². The summed E-state index contributed by atoms with van der Waals surface area (Å²) in [6.07, 6.45) is 4.70. The van der Waals surface area contributed by atoms with Gasteiger partial charge < -0.3 is 5.32 Å². The number of hydrogen-bond acceptors (Lipinski definition) is 4. The van der Waals surface area contributed by atoms with E-state index in [-0.39, 0.29) is 16.8 Å². The Bertz CT molecular complexity index is 905. The highest BCUT2D eigenvalue weighted by atomic mass is 32.2. The number of amides is 1. The van der Waals surface area contributed by atoms with Gasteiger partial charge in [-0.25, -0.2) is 8.42 Å². The number of nitrogens with one attached hydrogen (secondary N) is 1. The van der Waals surface area contributed by atoms with Crippen LogP contribution in [-0.4, -0.2) is 26.3 Å². The molecule has 6 heteroatoms. The molecule has 1 N–H and O–H groups in total. The molecule has 0 aromatic heterocycles. The number of hydrogen-bond donors (Lipinski definition) is 1. The molecule has 138 valence electrons. The zero-order valence-corrected chi connectivity index (χ0v) is 16.6. The minimum absolute atomic E-state index is 0.0322. The highest BCUT2D eigenvalue weighted by molar-refractivity contribution is 8.00. The fourth-order valence-corrected chi connectivity index (χ4v) is 4.56. The van der Waals surface area contributed by atoms with E-state index in [0.29, 0.717) is 5.75 Å². The number of rotatable bonds is 6. The highest BCUT2D eigenvalue weighted by Crippen LogP contribution is 2.27. The normalized spacial score (nSPS) is 14.7. The van der Waals surface area contributed by atoms with Gasteiger partial charge in [-0.05, 0) is 67.1 Å². The molecule has 0 saturated heterocycles. The van der Waals surface area contributed by atoms with Crippen LogP contribution in [0.5, 0.6) is 0 Å². The Labute approximate surface area is 159 Å². The van der Waals surface area contributed by atoms with Gasteiger partial charge in [0, 0.05) is 11.2 Å². The van der Waals surface area contributed by atoms with Gasteiger partial charge in [0.05, 0.1) is 16.7 Å². The van der Waals surface area contributed by atoms with Crippen LogP contribution in [0.15, 0.2) is 52.3 Å². The third-order valence-electron chi connectivity index (χ3n) is 4.63. The number of carbonyl (C=O) groups is 1. The van der Waals surface area contributed by atoms with Gasteiger partial charge in [0.25, 0.3) is 0 Å². The fourth-order valence-electron chi connectivity index (χ4n) is 3.16.